The number of carbonyl (C=O) groups excluding carboxylic acids is 1. The third kappa shape index (κ3) is 4.67. The van der Waals surface area contributed by atoms with Gasteiger partial charge in [-0.1, -0.05) is 42.0 Å². The number of hydrogen-bond donors (Lipinski definition) is 2. The molecule has 148 valence electrons. The van der Waals surface area contributed by atoms with Crippen molar-refractivity contribution in [2.24, 2.45) is 0 Å². The van der Waals surface area contributed by atoms with Gasteiger partial charge < -0.3 is 10.6 Å². The zero-order chi connectivity index (χ0) is 20.9. The number of nitrogens with zero attached hydrogens (tertiary/aromatic N) is 2. The smallest absolute Gasteiger partial charge is 0.255 e. The predicted octanol–water partition coefficient (Wildman–Crippen LogP) is 5.59. The summed E-state index contributed by atoms with van der Waals surface area (Å²) < 4.78 is 13.3. The van der Waals surface area contributed by atoms with Gasteiger partial charge in [0.1, 0.15) is 11.6 Å². The molecule has 0 aliphatic carbocycles. The van der Waals surface area contributed by atoms with Crippen LogP contribution in [0.1, 0.15) is 15.9 Å². The van der Waals surface area contributed by atoms with Crippen molar-refractivity contribution in [1.29, 1.82) is 0 Å². The average molecular weight is 398 g/mol. The van der Waals surface area contributed by atoms with Gasteiger partial charge in [-0.05, 0) is 49.4 Å². The molecular weight excluding hydrogens is 379 g/mol. The minimum Gasteiger partial charge on any atom is -0.340 e. The molecule has 0 saturated heterocycles. The molecule has 6 heteroatoms. The summed E-state index contributed by atoms with van der Waals surface area (Å²) in [5.74, 6) is 0.493. The Morgan fingerprint density at radius 3 is 2.47 bits per heavy atom. The fourth-order valence-electron chi connectivity index (χ4n) is 2.93. The van der Waals surface area contributed by atoms with Crippen LogP contribution in [0.5, 0.6) is 0 Å². The van der Waals surface area contributed by atoms with E-state index in [2.05, 4.69) is 20.6 Å². The number of nitrogens with one attached hydrogen (secondary N) is 2. The standard InChI is InChI=1S/C24H19FN4O/c1-16-8-10-17(11-9-16)23-26-13-12-22(29-23)27-20-6-2-4-18(14-20)24(30)28-21-7-3-5-19(25)15-21/h2-15H,1H3,(H,28,30)(H,26,27,29). The Bertz CT molecular complexity index is 1190. The maximum absolute atomic E-state index is 13.3. The highest BCUT2D eigenvalue weighted by atomic mass is 19.1. The zero-order valence-corrected chi connectivity index (χ0v) is 16.3. The van der Waals surface area contributed by atoms with Crippen molar-refractivity contribution in [3.05, 3.63) is 102 Å². The van der Waals surface area contributed by atoms with Crippen LogP contribution in [0.3, 0.4) is 0 Å². The number of anilines is 3. The van der Waals surface area contributed by atoms with E-state index in [0.717, 1.165) is 5.56 Å². The first kappa shape index (κ1) is 19.3. The average Bonchev–Trinajstić information content (AvgIpc) is 2.75. The maximum Gasteiger partial charge on any atom is 0.255 e. The summed E-state index contributed by atoms with van der Waals surface area (Å²) in [5.41, 5.74) is 3.64. The van der Waals surface area contributed by atoms with E-state index in [9.17, 15) is 9.18 Å². The number of amides is 1. The Labute approximate surface area is 173 Å². The molecule has 4 aromatic rings. The number of hydrogen-bond acceptors (Lipinski definition) is 4. The summed E-state index contributed by atoms with van der Waals surface area (Å²) in [6.45, 7) is 2.03. The molecular formula is C24H19FN4O. The van der Waals surface area contributed by atoms with E-state index >= 15 is 0 Å². The van der Waals surface area contributed by atoms with E-state index in [-0.39, 0.29) is 5.91 Å². The van der Waals surface area contributed by atoms with Crippen LogP contribution in [0, 0.1) is 12.7 Å². The van der Waals surface area contributed by atoms with Crippen LogP contribution < -0.4 is 10.6 Å². The van der Waals surface area contributed by atoms with Gasteiger partial charge in [0.25, 0.3) is 5.91 Å². The highest BCUT2D eigenvalue weighted by Gasteiger charge is 2.09. The molecule has 1 amide bonds. The molecule has 0 aliphatic rings. The zero-order valence-electron chi connectivity index (χ0n) is 16.3. The van der Waals surface area contributed by atoms with E-state index < -0.39 is 5.82 Å². The minimum atomic E-state index is -0.406. The first-order valence-electron chi connectivity index (χ1n) is 9.41. The first-order valence-corrected chi connectivity index (χ1v) is 9.41. The van der Waals surface area contributed by atoms with Gasteiger partial charge in [-0.25, -0.2) is 14.4 Å². The molecule has 0 spiro atoms. The third-order valence-electron chi connectivity index (χ3n) is 4.44. The van der Waals surface area contributed by atoms with E-state index in [1.54, 1.807) is 42.6 Å². The molecule has 4 rings (SSSR count). The van der Waals surface area contributed by atoms with Crippen LogP contribution >= 0.6 is 0 Å². The Kier molecular flexibility index (Phi) is 5.48. The number of aryl methyl sites for hydroxylation is 1. The Morgan fingerprint density at radius 2 is 1.67 bits per heavy atom. The van der Waals surface area contributed by atoms with Gasteiger partial charge in [0.15, 0.2) is 5.82 Å². The molecule has 1 heterocycles. The van der Waals surface area contributed by atoms with Crippen molar-refractivity contribution in [3.63, 3.8) is 0 Å². The van der Waals surface area contributed by atoms with Crippen molar-refractivity contribution in [2.45, 2.75) is 6.92 Å². The van der Waals surface area contributed by atoms with Crippen LogP contribution in [-0.4, -0.2) is 15.9 Å². The monoisotopic (exact) mass is 398 g/mol. The lowest BCUT2D eigenvalue weighted by Gasteiger charge is -2.10. The van der Waals surface area contributed by atoms with Gasteiger partial charge in [0, 0.05) is 28.7 Å². The lowest BCUT2D eigenvalue weighted by molar-refractivity contribution is 0.102. The molecule has 0 aliphatic heterocycles. The largest absolute Gasteiger partial charge is 0.340 e. The van der Waals surface area contributed by atoms with Crippen molar-refractivity contribution in [1.82, 2.24) is 9.97 Å². The summed E-state index contributed by atoms with van der Waals surface area (Å²) in [6.07, 6.45) is 1.69. The second kappa shape index (κ2) is 8.53. The van der Waals surface area contributed by atoms with Crippen LogP contribution in [-0.2, 0) is 0 Å². The van der Waals surface area contributed by atoms with Gasteiger partial charge >= 0.3 is 0 Å². The molecule has 2 N–H and O–H groups in total. The van der Waals surface area contributed by atoms with E-state index in [1.165, 1.54) is 17.7 Å². The first-order chi connectivity index (χ1) is 14.6. The molecule has 0 atom stereocenters. The number of carbonyl (C=O) groups is 1. The second-order valence-corrected chi connectivity index (χ2v) is 6.80. The topological polar surface area (TPSA) is 66.9 Å². The molecule has 0 saturated carbocycles. The summed E-state index contributed by atoms with van der Waals surface area (Å²) in [7, 11) is 0. The second-order valence-electron chi connectivity index (χ2n) is 6.80. The van der Waals surface area contributed by atoms with Gasteiger partial charge in [0.05, 0.1) is 0 Å². The summed E-state index contributed by atoms with van der Waals surface area (Å²) >= 11 is 0. The fourth-order valence-corrected chi connectivity index (χ4v) is 2.93. The van der Waals surface area contributed by atoms with Crippen LogP contribution in [0.2, 0.25) is 0 Å². The quantitative estimate of drug-likeness (QED) is 0.460. The maximum atomic E-state index is 13.3. The molecule has 0 unspecified atom stereocenters. The summed E-state index contributed by atoms with van der Waals surface area (Å²) in [5, 5.41) is 5.90. The van der Waals surface area contributed by atoms with Crippen LogP contribution in [0.25, 0.3) is 11.4 Å². The Balaban J connectivity index is 1.51. The number of rotatable bonds is 5. The van der Waals surface area contributed by atoms with Crippen molar-refractivity contribution >= 4 is 23.1 Å². The lowest BCUT2D eigenvalue weighted by Crippen LogP contribution is -2.12. The van der Waals surface area contributed by atoms with Crippen molar-refractivity contribution < 1.29 is 9.18 Å². The van der Waals surface area contributed by atoms with Crippen LogP contribution in [0.15, 0.2) is 85.1 Å². The minimum absolute atomic E-state index is 0.327. The molecule has 5 nitrogen and oxygen atoms in total. The fraction of sp³-hybridized carbons (Fsp3) is 0.0417. The summed E-state index contributed by atoms with van der Waals surface area (Å²) in [4.78, 5) is 21.4. The molecule has 1 aromatic heterocycles. The number of halogens is 1. The SMILES string of the molecule is Cc1ccc(-c2nccc(Nc3cccc(C(=O)Nc4cccc(F)c4)c3)n2)cc1. The highest BCUT2D eigenvalue weighted by Crippen LogP contribution is 2.21. The van der Waals surface area contributed by atoms with Crippen LogP contribution in [0.4, 0.5) is 21.6 Å². The van der Waals surface area contributed by atoms with E-state index in [0.29, 0.717) is 28.6 Å². The van der Waals surface area contributed by atoms with Crippen molar-refractivity contribution in [2.75, 3.05) is 10.6 Å². The van der Waals surface area contributed by atoms with Gasteiger partial charge in [0.2, 0.25) is 0 Å². The molecule has 3 aromatic carbocycles. The van der Waals surface area contributed by atoms with Crippen molar-refractivity contribution in [3.8, 4) is 11.4 Å². The molecule has 0 bridgehead atoms. The molecule has 0 radical (unpaired) electrons. The van der Waals surface area contributed by atoms with E-state index in [1.807, 2.05) is 37.3 Å². The summed E-state index contributed by atoms with van der Waals surface area (Å²) in [6, 6.07) is 22.5. The third-order valence-corrected chi connectivity index (χ3v) is 4.44. The highest BCUT2D eigenvalue weighted by molar-refractivity contribution is 6.04. The van der Waals surface area contributed by atoms with E-state index in [4.69, 9.17) is 0 Å². The molecule has 30 heavy (non-hydrogen) atoms. The number of benzene rings is 3. The Hall–Kier alpha value is -4.06. The lowest BCUT2D eigenvalue weighted by atomic mass is 10.1. The normalized spacial score (nSPS) is 10.5. The van der Waals surface area contributed by atoms with Gasteiger partial charge in [-0.3, -0.25) is 4.79 Å². The van der Waals surface area contributed by atoms with Gasteiger partial charge in [-0.15, -0.1) is 0 Å². The predicted molar refractivity (Wildman–Crippen MR) is 116 cm³/mol. The molecule has 0 fully saturated rings. The van der Waals surface area contributed by atoms with Gasteiger partial charge in [-0.2, -0.15) is 0 Å². The Morgan fingerprint density at radius 1 is 0.900 bits per heavy atom. The number of aromatic nitrogens is 2.